The van der Waals surface area contributed by atoms with Crippen LogP contribution in [0.4, 0.5) is 0 Å². The fourth-order valence-corrected chi connectivity index (χ4v) is 2.61. The summed E-state index contributed by atoms with van der Waals surface area (Å²) in [6.45, 7) is 1.54. The second kappa shape index (κ2) is 5.54. The Balaban J connectivity index is 2.01. The number of rotatable bonds is 3. The molecule has 1 aromatic carbocycles. The summed E-state index contributed by atoms with van der Waals surface area (Å²) in [6, 6.07) is 7.86. The highest BCUT2D eigenvalue weighted by molar-refractivity contribution is 9.10. The molecule has 0 radical (unpaired) electrons. The number of likely N-dealkylation sites (tertiary alicyclic amines) is 1. The van der Waals surface area contributed by atoms with Gasteiger partial charge in [0.15, 0.2) is 0 Å². The molecule has 4 heteroatoms. The monoisotopic (exact) mass is 297 g/mol. The largest absolute Gasteiger partial charge is 0.497 e. The molecule has 17 heavy (non-hydrogen) atoms. The Morgan fingerprint density at radius 3 is 2.76 bits per heavy atom. The van der Waals surface area contributed by atoms with E-state index in [1.807, 2.05) is 29.2 Å². The van der Waals surface area contributed by atoms with Crippen LogP contribution in [0.2, 0.25) is 0 Å². The molecule has 0 N–H and O–H groups in total. The first-order chi connectivity index (χ1) is 8.20. The lowest BCUT2D eigenvalue weighted by atomic mass is 10.1. The van der Waals surface area contributed by atoms with Crippen molar-refractivity contribution >= 4 is 21.8 Å². The van der Waals surface area contributed by atoms with E-state index in [4.69, 9.17) is 4.74 Å². The summed E-state index contributed by atoms with van der Waals surface area (Å²) in [5, 5.41) is 0. The van der Waals surface area contributed by atoms with E-state index in [0.717, 1.165) is 30.7 Å². The highest BCUT2D eigenvalue weighted by atomic mass is 79.9. The third-order valence-electron chi connectivity index (χ3n) is 3.00. The first kappa shape index (κ1) is 12.4. The third kappa shape index (κ3) is 3.00. The van der Waals surface area contributed by atoms with Crippen LogP contribution in [0.3, 0.4) is 0 Å². The highest BCUT2D eigenvalue weighted by Gasteiger charge is 2.26. The van der Waals surface area contributed by atoms with Crippen molar-refractivity contribution in [3.63, 3.8) is 0 Å². The number of nitrogens with zero attached hydrogens (tertiary/aromatic N) is 1. The second-order valence-corrected chi connectivity index (χ2v) is 5.32. The lowest BCUT2D eigenvalue weighted by Gasteiger charge is -2.29. The number of piperidine rings is 1. The van der Waals surface area contributed by atoms with Crippen LogP contribution < -0.4 is 4.74 Å². The molecule has 1 unspecified atom stereocenters. The van der Waals surface area contributed by atoms with Gasteiger partial charge in [0.1, 0.15) is 5.75 Å². The molecule has 0 aromatic heterocycles. The minimum Gasteiger partial charge on any atom is -0.497 e. The fourth-order valence-electron chi connectivity index (χ4n) is 2.00. The van der Waals surface area contributed by atoms with Crippen LogP contribution >= 0.6 is 15.9 Å². The van der Waals surface area contributed by atoms with Crippen LogP contribution in [0, 0.1) is 0 Å². The molecule has 1 aliphatic rings. The van der Waals surface area contributed by atoms with Gasteiger partial charge < -0.3 is 9.64 Å². The molecule has 0 aliphatic carbocycles. The summed E-state index contributed by atoms with van der Waals surface area (Å²) in [6.07, 6.45) is 2.01. The molecule has 2 rings (SSSR count). The maximum absolute atomic E-state index is 11.9. The van der Waals surface area contributed by atoms with E-state index in [0.29, 0.717) is 6.54 Å². The van der Waals surface area contributed by atoms with Crippen molar-refractivity contribution < 1.29 is 9.53 Å². The van der Waals surface area contributed by atoms with Crippen LogP contribution in [0.25, 0.3) is 0 Å². The van der Waals surface area contributed by atoms with E-state index in [2.05, 4.69) is 15.9 Å². The van der Waals surface area contributed by atoms with E-state index < -0.39 is 0 Å². The maximum atomic E-state index is 11.9. The van der Waals surface area contributed by atoms with E-state index in [-0.39, 0.29) is 10.7 Å². The van der Waals surface area contributed by atoms with Crippen molar-refractivity contribution in [2.24, 2.45) is 0 Å². The number of amides is 1. The lowest BCUT2D eigenvalue weighted by Crippen LogP contribution is -2.41. The number of hydrogen-bond acceptors (Lipinski definition) is 2. The molecule has 3 nitrogen and oxygen atoms in total. The number of alkyl halides is 1. The molecular formula is C13H16BrNO2. The fraction of sp³-hybridized carbons (Fsp3) is 0.462. The van der Waals surface area contributed by atoms with Gasteiger partial charge in [0.2, 0.25) is 5.91 Å². The smallest absolute Gasteiger partial charge is 0.236 e. The van der Waals surface area contributed by atoms with Gasteiger partial charge in [-0.15, -0.1) is 0 Å². The summed E-state index contributed by atoms with van der Waals surface area (Å²) < 4.78 is 5.11. The minimum atomic E-state index is -0.00509. The van der Waals surface area contributed by atoms with Crippen LogP contribution in [-0.4, -0.2) is 29.3 Å². The molecule has 1 heterocycles. The molecule has 1 saturated heterocycles. The number of benzene rings is 1. The van der Waals surface area contributed by atoms with Crippen molar-refractivity contribution in [2.45, 2.75) is 24.2 Å². The van der Waals surface area contributed by atoms with Gasteiger partial charge in [-0.25, -0.2) is 0 Å². The van der Waals surface area contributed by atoms with Crippen molar-refractivity contribution in [3.05, 3.63) is 29.8 Å². The molecule has 1 aromatic rings. The Kier molecular flexibility index (Phi) is 4.05. The van der Waals surface area contributed by atoms with E-state index in [1.54, 1.807) is 7.11 Å². The zero-order chi connectivity index (χ0) is 12.3. The molecule has 0 bridgehead atoms. The molecule has 0 spiro atoms. The molecule has 1 aliphatic heterocycles. The predicted octanol–water partition coefficient (Wildman–Crippen LogP) is 2.58. The maximum Gasteiger partial charge on any atom is 0.236 e. The van der Waals surface area contributed by atoms with E-state index in [9.17, 15) is 4.79 Å². The normalized spacial score (nSPS) is 20.5. The third-order valence-corrected chi connectivity index (χ3v) is 3.85. The average Bonchev–Trinajstić information content (AvgIpc) is 2.36. The van der Waals surface area contributed by atoms with Gasteiger partial charge in [-0.2, -0.15) is 0 Å². The Morgan fingerprint density at radius 2 is 2.12 bits per heavy atom. The summed E-state index contributed by atoms with van der Waals surface area (Å²) in [5.74, 6) is 1.05. The summed E-state index contributed by atoms with van der Waals surface area (Å²) in [4.78, 5) is 13.8. The number of carbonyl (C=O) groups is 1. The number of hydrogen-bond donors (Lipinski definition) is 0. The zero-order valence-corrected chi connectivity index (χ0v) is 11.4. The number of halogens is 1. The molecule has 1 fully saturated rings. The van der Waals surface area contributed by atoms with Gasteiger partial charge in [0, 0.05) is 13.1 Å². The van der Waals surface area contributed by atoms with Crippen LogP contribution in [0.1, 0.15) is 18.4 Å². The summed E-state index contributed by atoms with van der Waals surface area (Å²) >= 11 is 3.42. The summed E-state index contributed by atoms with van der Waals surface area (Å²) in [5.41, 5.74) is 1.14. The number of methoxy groups -OCH3 is 1. The van der Waals surface area contributed by atoms with Crippen molar-refractivity contribution in [3.8, 4) is 5.75 Å². The minimum absolute atomic E-state index is 0.00509. The van der Waals surface area contributed by atoms with Crippen LogP contribution in [-0.2, 0) is 11.3 Å². The average molecular weight is 298 g/mol. The van der Waals surface area contributed by atoms with Gasteiger partial charge in [-0.05, 0) is 30.5 Å². The number of ether oxygens (including phenoxy) is 1. The first-order valence-electron chi connectivity index (χ1n) is 5.76. The van der Waals surface area contributed by atoms with Gasteiger partial charge in [0.05, 0.1) is 11.9 Å². The molecule has 1 atom stereocenters. The van der Waals surface area contributed by atoms with E-state index >= 15 is 0 Å². The topological polar surface area (TPSA) is 29.5 Å². The SMILES string of the molecule is COc1ccc(CN2CCCC(Br)C2=O)cc1. The van der Waals surface area contributed by atoms with Gasteiger partial charge >= 0.3 is 0 Å². The molecular weight excluding hydrogens is 282 g/mol. The Hall–Kier alpha value is -1.03. The van der Waals surface area contributed by atoms with Crippen molar-refractivity contribution in [2.75, 3.05) is 13.7 Å². The molecule has 1 amide bonds. The van der Waals surface area contributed by atoms with Gasteiger partial charge in [0.25, 0.3) is 0 Å². The lowest BCUT2D eigenvalue weighted by molar-refractivity contribution is -0.133. The summed E-state index contributed by atoms with van der Waals surface area (Å²) in [7, 11) is 1.65. The zero-order valence-electron chi connectivity index (χ0n) is 9.86. The first-order valence-corrected chi connectivity index (χ1v) is 6.68. The molecule has 92 valence electrons. The Morgan fingerprint density at radius 1 is 1.41 bits per heavy atom. The van der Waals surface area contributed by atoms with E-state index in [1.165, 1.54) is 0 Å². The van der Waals surface area contributed by atoms with Crippen LogP contribution in [0.5, 0.6) is 5.75 Å². The quantitative estimate of drug-likeness (QED) is 0.803. The second-order valence-electron chi connectivity index (χ2n) is 4.22. The Bertz CT molecular complexity index is 391. The predicted molar refractivity (Wildman–Crippen MR) is 70.4 cm³/mol. The highest BCUT2D eigenvalue weighted by Crippen LogP contribution is 2.21. The van der Waals surface area contributed by atoms with Crippen molar-refractivity contribution in [1.29, 1.82) is 0 Å². The van der Waals surface area contributed by atoms with Gasteiger partial charge in [-0.3, -0.25) is 4.79 Å². The Labute approximate surface area is 110 Å². The molecule has 0 saturated carbocycles. The van der Waals surface area contributed by atoms with Gasteiger partial charge in [-0.1, -0.05) is 28.1 Å². The van der Waals surface area contributed by atoms with Crippen LogP contribution in [0.15, 0.2) is 24.3 Å². The standard InChI is InChI=1S/C13H16BrNO2/c1-17-11-6-4-10(5-7-11)9-15-8-2-3-12(14)13(15)16/h4-7,12H,2-3,8-9H2,1H3. The van der Waals surface area contributed by atoms with Crippen molar-refractivity contribution in [1.82, 2.24) is 4.90 Å². The number of carbonyl (C=O) groups excluding carboxylic acids is 1.